The van der Waals surface area contributed by atoms with Gasteiger partial charge in [0, 0.05) is 24.3 Å². The Labute approximate surface area is 112 Å². The summed E-state index contributed by atoms with van der Waals surface area (Å²) in [6.07, 6.45) is 2.46. The van der Waals surface area contributed by atoms with E-state index in [1.54, 1.807) is 6.07 Å². The van der Waals surface area contributed by atoms with Gasteiger partial charge in [-0.05, 0) is 37.0 Å². The lowest BCUT2D eigenvalue weighted by atomic mass is 10.0. The number of rotatable bonds is 8. The van der Waals surface area contributed by atoms with E-state index in [0.29, 0.717) is 18.1 Å². The Morgan fingerprint density at radius 2 is 2.22 bits per heavy atom. The molecule has 3 nitrogen and oxygen atoms in total. The highest BCUT2D eigenvalue weighted by Gasteiger charge is 2.10. The minimum Gasteiger partial charge on any atom is -0.381 e. The normalized spacial score (nSPS) is 12.7. The number of nitrogens with two attached hydrogens (primary N) is 1. The molecule has 0 bridgehead atoms. The topological polar surface area (TPSA) is 47.3 Å². The van der Waals surface area contributed by atoms with Crippen LogP contribution >= 0.6 is 11.6 Å². The zero-order valence-corrected chi connectivity index (χ0v) is 11.3. The molecule has 0 aliphatic carbocycles. The molecule has 0 spiro atoms. The fourth-order valence-electron chi connectivity index (χ4n) is 1.67. The largest absolute Gasteiger partial charge is 0.381 e. The first kappa shape index (κ1) is 15.4. The molecule has 1 rings (SSSR count). The molecular formula is C13H20ClFN2O. The molecule has 0 radical (unpaired) electrons. The Balaban J connectivity index is 2.46. The number of nitrogens with one attached hydrogen (secondary N) is 1. The van der Waals surface area contributed by atoms with Crippen LogP contribution in [0, 0.1) is 5.82 Å². The highest BCUT2D eigenvalue weighted by atomic mass is 35.5. The van der Waals surface area contributed by atoms with Crippen molar-refractivity contribution in [2.24, 2.45) is 5.84 Å². The lowest BCUT2D eigenvalue weighted by molar-refractivity contribution is 0.124. The third kappa shape index (κ3) is 5.31. The van der Waals surface area contributed by atoms with Crippen molar-refractivity contribution in [3.05, 3.63) is 34.6 Å². The van der Waals surface area contributed by atoms with E-state index in [2.05, 4.69) is 12.3 Å². The minimum atomic E-state index is -0.327. The van der Waals surface area contributed by atoms with Gasteiger partial charge in [-0.25, -0.2) is 4.39 Å². The van der Waals surface area contributed by atoms with Gasteiger partial charge in [-0.2, -0.15) is 0 Å². The van der Waals surface area contributed by atoms with Crippen LogP contribution in [0.15, 0.2) is 18.2 Å². The molecule has 0 aliphatic heterocycles. The summed E-state index contributed by atoms with van der Waals surface area (Å²) in [6.45, 7) is 3.48. The maximum absolute atomic E-state index is 12.9. The van der Waals surface area contributed by atoms with Crippen LogP contribution < -0.4 is 11.3 Å². The van der Waals surface area contributed by atoms with Crippen molar-refractivity contribution in [1.29, 1.82) is 0 Å². The third-order valence-electron chi connectivity index (χ3n) is 2.68. The molecule has 5 heteroatoms. The highest BCUT2D eigenvalue weighted by molar-refractivity contribution is 6.31. The van der Waals surface area contributed by atoms with Crippen LogP contribution in [-0.2, 0) is 11.2 Å². The predicted molar refractivity (Wildman–Crippen MR) is 72.0 cm³/mol. The van der Waals surface area contributed by atoms with Crippen molar-refractivity contribution in [2.45, 2.75) is 32.2 Å². The lowest BCUT2D eigenvalue weighted by Crippen LogP contribution is -2.37. The van der Waals surface area contributed by atoms with Crippen LogP contribution in [0.2, 0.25) is 5.02 Å². The predicted octanol–water partition coefficient (Wildman–Crippen LogP) is 2.67. The maximum Gasteiger partial charge on any atom is 0.124 e. The summed E-state index contributed by atoms with van der Waals surface area (Å²) in [6, 6.07) is 4.49. The molecule has 0 saturated heterocycles. The number of ether oxygens (including phenoxy) is 1. The third-order valence-corrected chi connectivity index (χ3v) is 3.03. The molecule has 0 amide bonds. The molecule has 1 aromatic rings. The van der Waals surface area contributed by atoms with E-state index >= 15 is 0 Å². The van der Waals surface area contributed by atoms with Gasteiger partial charge < -0.3 is 4.74 Å². The SMILES string of the molecule is CCCOCCC(Cc1ccc(F)cc1Cl)NN. The molecule has 1 aromatic carbocycles. The number of hydrazine groups is 1. The van der Waals surface area contributed by atoms with E-state index in [0.717, 1.165) is 25.0 Å². The zero-order chi connectivity index (χ0) is 13.4. The summed E-state index contributed by atoms with van der Waals surface area (Å²) in [7, 11) is 0. The number of hydrogen-bond donors (Lipinski definition) is 2. The van der Waals surface area contributed by atoms with E-state index in [9.17, 15) is 4.39 Å². The molecule has 102 valence electrons. The van der Waals surface area contributed by atoms with Gasteiger partial charge in [-0.3, -0.25) is 11.3 Å². The quantitative estimate of drug-likeness (QED) is 0.435. The van der Waals surface area contributed by atoms with Crippen molar-refractivity contribution in [2.75, 3.05) is 13.2 Å². The van der Waals surface area contributed by atoms with Crippen molar-refractivity contribution in [3.63, 3.8) is 0 Å². The van der Waals surface area contributed by atoms with Crippen molar-refractivity contribution in [1.82, 2.24) is 5.43 Å². The van der Waals surface area contributed by atoms with Gasteiger partial charge in [-0.15, -0.1) is 0 Å². The molecule has 3 N–H and O–H groups in total. The van der Waals surface area contributed by atoms with Gasteiger partial charge in [0.15, 0.2) is 0 Å². The molecule has 0 aliphatic rings. The van der Waals surface area contributed by atoms with Gasteiger partial charge in [0.05, 0.1) is 0 Å². The first-order valence-electron chi connectivity index (χ1n) is 6.15. The maximum atomic E-state index is 12.9. The van der Waals surface area contributed by atoms with Crippen molar-refractivity contribution < 1.29 is 9.13 Å². The molecule has 0 fully saturated rings. The van der Waals surface area contributed by atoms with Gasteiger partial charge in [0.25, 0.3) is 0 Å². The van der Waals surface area contributed by atoms with Crippen molar-refractivity contribution >= 4 is 11.6 Å². The monoisotopic (exact) mass is 274 g/mol. The average molecular weight is 275 g/mol. The lowest BCUT2D eigenvalue weighted by Gasteiger charge is -2.16. The summed E-state index contributed by atoms with van der Waals surface area (Å²) in [5, 5.41) is 0.435. The summed E-state index contributed by atoms with van der Waals surface area (Å²) < 4.78 is 18.3. The molecular weight excluding hydrogens is 255 g/mol. The van der Waals surface area contributed by atoms with Crippen LogP contribution in [0.3, 0.4) is 0 Å². The standard InChI is InChI=1S/C13H20ClFN2O/c1-2-6-18-7-5-12(17-16)8-10-3-4-11(15)9-13(10)14/h3-4,9,12,17H,2,5-8,16H2,1H3. The van der Waals surface area contributed by atoms with Crippen LogP contribution in [0.25, 0.3) is 0 Å². The second kappa shape index (κ2) is 8.43. The number of hydrogen-bond acceptors (Lipinski definition) is 3. The van der Waals surface area contributed by atoms with E-state index in [1.165, 1.54) is 12.1 Å². The Hall–Kier alpha value is -0.680. The smallest absolute Gasteiger partial charge is 0.124 e. The van der Waals surface area contributed by atoms with E-state index in [1.807, 2.05) is 0 Å². The van der Waals surface area contributed by atoms with E-state index < -0.39 is 0 Å². The fourth-order valence-corrected chi connectivity index (χ4v) is 1.91. The van der Waals surface area contributed by atoms with E-state index in [4.69, 9.17) is 22.2 Å². The van der Waals surface area contributed by atoms with Gasteiger partial charge >= 0.3 is 0 Å². The summed E-state index contributed by atoms with van der Waals surface area (Å²) >= 11 is 5.97. The minimum absolute atomic E-state index is 0.0739. The van der Waals surface area contributed by atoms with Crippen LogP contribution in [0.5, 0.6) is 0 Å². The molecule has 1 unspecified atom stereocenters. The fraction of sp³-hybridized carbons (Fsp3) is 0.538. The Kier molecular flexibility index (Phi) is 7.20. The average Bonchev–Trinajstić information content (AvgIpc) is 2.35. The summed E-state index contributed by atoms with van der Waals surface area (Å²) in [5.41, 5.74) is 3.62. The summed E-state index contributed by atoms with van der Waals surface area (Å²) in [4.78, 5) is 0. The Morgan fingerprint density at radius 1 is 1.44 bits per heavy atom. The Bertz CT molecular complexity index is 363. The highest BCUT2D eigenvalue weighted by Crippen LogP contribution is 2.19. The molecule has 1 atom stereocenters. The molecule has 18 heavy (non-hydrogen) atoms. The van der Waals surface area contributed by atoms with Crippen LogP contribution in [0.4, 0.5) is 4.39 Å². The second-order valence-corrected chi connectivity index (χ2v) is 4.61. The zero-order valence-electron chi connectivity index (χ0n) is 10.6. The summed E-state index contributed by atoms with van der Waals surface area (Å²) in [5.74, 6) is 5.17. The van der Waals surface area contributed by atoms with Crippen molar-refractivity contribution in [3.8, 4) is 0 Å². The number of halogens is 2. The second-order valence-electron chi connectivity index (χ2n) is 4.20. The van der Waals surface area contributed by atoms with Crippen LogP contribution in [-0.4, -0.2) is 19.3 Å². The first-order valence-corrected chi connectivity index (χ1v) is 6.53. The van der Waals surface area contributed by atoms with Gasteiger partial charge in [-0.1, -0.05) is 24.6 Å². The van der Waals surface area contributed by atoms with Gasteiger partial charge in [0.1, 0.15) is 5.82 Å². The van der Waals surface area contributed by atoms with Gasteiger partial charge in [0.2, 0.25) is 0 Å². The number of benzene rings is 1. The molecule has 0 aromatic heterocycles. The molecule has 0 heterocycles. The van der Waals surface area contributed by atoms with Crippen LogP contribution in [0.1, 0.15) is 25.3 Å². The first-order chi connectivity index (χ1) is 8.67. The van der Waals surface area contributed by atoms with E-state index in [-0.39, 0.29) is 11.9 Å². The Morgan fingerprint density at radius 3 is 2.83 bits per heavy atom. The molecule has 0 saturated carbocycles.